The summed E-state index contributed by atoms with van der Waals surface area (Å²) in [6.07, 6.45) is 1.01. The third-order valence-corrected chi connectivity index (χ3v) is 5.41. The fourth-order valence-electron chi connectivity index (χ4n) is 3.58. The summed E-state index contributed by atoms with van der Waals surface area (Å²) >= 11 is 0. The van der Waals surface area contributed by atoms with Gasteiger partial charge in [-0.25, -0.2) is 9.37 Å². The molecule has 1 aliphatic heterocycles. The first-order valence-electron chi connectivity index (χ1n) is 9.28. The van der Waals surface area contributed by atoms with Gasteiger partial charge in [-0.1, -0.05) is 0 Å². The van der Waals surface area contributed by atoms with E-state index in [1.807, 2.05) is 36.7 Å². The van der Waals surface area contributed by atoms with E-state index in [9.17, 15) is 9.18 Å². The predicted molar refractivity (Wildman–Crippen MR) is 106 cm³/mol. The summed E-state index contributed by atoms with van der Waals surface area (Å²) in [5.74, 6) is 0.237. The molecule has 0 saturated carbocycles. The van der Waals surface area contributed by atoms with Gasteiger partial charge in [0.2, 0.25) is 5.91 Å². The Kier molecular flexibility index (Phi) is 4.64. The zero-order chi connectivity index (χ0) is 19.9. The molecule has 0 radical (unpaired) electrons. The largest absolute Gasteiger partial charge is 0.381 e. The van der Waals surface area contributed by atoms with E-state index in [2.05, 4.69) is 10.3 Å². The number of anilines is 1. The van der Waals surface area contributed by atoms with Crippen molar-refractivity contribution in [2.45, 2.75) is 25.3 Å². The van der Waals surface area contributed by atoms with Gasteiger partial charge in [-0.05, 0) is 55.7 Å². The molecule has 0 aliphatic carbocycles. The lowest BCUT2D eigenvalue weighted by Crippen LogP contribution is -2.54. The minimum atomic E-state index is -0.898. The van der Waals surface area contributed by atoms with Crippen LogP contribution in [0.4, 0.5) is 10.1 Å². The molecule has 4 rings (SSSR count). The number of hydrogen-bond donors (Lipinski definition) is 2. The monoisotopic (exact) mass is 382 g/mol. The van der Waals surface area contributed by atoms with Crippen LogP contribution in [0.15, 0.2) is 36.4 Å². The van der Waals surface area contributed by atoms with Crippen LogP contribution in [-0.2, 0) is 16.6 Å². The molecule has 2 aromatic carbocycles. The Labute approximate surface area is 162 Å². The minimum Gasteiger partial charge on any atom is -0.381 e. The third kappa shape index (κ3) is 3.27. The number of nitrogens with one attached hydrogen (secondary N) is 1. The number of benzene rings is 2. The average Bonchev–Trinajstić information content (AvgIpc) is 2.99. The van der Waals surface area contributed by atoms with E-state index in [-0.39, 0.29) is 11.7 Å². The minimum absolute atomic E-state index is 0.190. The summed E-state index contributed by atoms with van der Waals surface area (Å²) in [5.41, 5.74) is 9.34. The molecule has 7 heteroatoms. The molecule has 1 aromatic heterocycles. The van der Waals surface area contributed by atoms with Crippen LogP contribution in [0.5, 0.6) is 0 Å². The highest BCUT2D eigenvalue weighted by atomic mass is 19.1. The van der Waals surface area contributed by atoms with Crippen LogP contribution in [0.3, 0.4) is 0 Å². The molecule has 2 heterocycles. The lowest BCUT2D eigenvalue weighted by atomic mass is 9.90. The molecule has 3 N–H and O–H groups in total. The summed E-state index contributed by atoms with van der Waals surface area (Å²) in [6, 6.07) is 10.3. The number of nitrogens with zero attached hydrogens (tertiary/aromatic N) is 2. The van der Waals surface area contributed by atoms with Crippen LogP contribution in [-0.4, -0.2) is 34.2 Å². The number of nitrogens with two attached hydrogens (primary N) is 1. The number of aromatic nitrogens is 2. The van der Waals surface area contributed by atoms with Gasteiger partial charge < -0.3 is 20.4 Å². The highest BCUT2D eigenvalue weighted by Gasteiger charge is 2.36. The summed E-state index contributed by atoms with van der Waals surface area (Å²) in [4.78, 5) is 17.2. The Bertz CT molecular complexity index is 1050. The second kappa shape index (κ2) is 7.00. The highest BCUT2D eigenvalue weighted by Crippen LogP contribution is 2.28. The van der Waals surface area contributed by atoms with Crippen LogP contribution < -0.4 is 11.1 Å². The van der Waals surface area contributed by atoms with Crippen molar-refractivity contribution >= 4 is 22.6 Å². The van der Waals surface area contributed by atoms with Crippen molar-refractivity contribution in [3.8, 4) is 11.4 Å². The average molecular weight is 382 g/mol. The van der Waals surface area contributed by atoms with Crippen molar-refractivity contribution in [1.29, 1.82) is 0 Å². The van der Waals surface area contributed by atoms with Crippen LogP contribution in [0.25, 0.3) is 22.4 Å². The van der Waals surface area contributed by atoms with Crippen LogP contribution in [0, 0.1) is 12.7 Å². The first kappa shape index (κ1) is 18.6. The van der Waals surface area contributed by atoms with Gasteiger partial charge in [-0.2, -0.15) is 0 Å². The van der Waals surface area contributed by atoms with Crippen LogP contribution in [0.1, 0.15) is 18.4 Å². The SMILES string of the molecule is Cc1cc(-c2nc3cc(F)ccc3n2C)ccc1NC(=O)C1(N)CCOCC1. The predicted octanol–water partition coefficient (Wildman–Crippen LogP) is 3.13. The van der Waals surface area contributed by atoms with E-state index in [1.165, 1.54) is 12.1 Å². The molecule has 0 spiro atoms. The fraction of sp³-hybridized carbons (Fsp3) is 0.333. The van der Waals surface area contributed by atoms with Crippen LogP contribution >= 0.6 is 0 Å². The van der Waals surface area contributed by atoms with Crippen molar-refractivity contribution in [1.82, 2.24) is 9.55 Å². The van der Waals surface area contributed by atoms with Gasteiger partial charge in [0.1, 0.15) is 17.2 Å². The van der Waals surface area contributed by atoms with Gasteiger partial charge in [0, 0.05) is 37.6 Å². The van der Waals surface area contributed by atoms with Crippen molar-refractivity contribution in [3.05, 3.63) is 47.8 Å². The maximum absolute atomic E-state index is 13.5. The van der Waals surface area contributed by atoms with Crippen molar-refractivity contribution in [2.24, 2.45) is 12.8 Å². The molecule has 0 unspecified atom stereocenters. The van der Waals surface area contributed by atoms with Crippen molar-refractivity contribution < 1.29 is 13.9 Å². The van der Waals surface area contributed by atoms with E-state index in [0.29, 0.717) is 31.6 Å². The second-order valence-corrected chi connectivity index (χ2v) is 7.38. The fourth-order valence-corrected chi connectivity index (χ4v) is 3.58. The molecule has 0 atom stereocenters. The number of aryl methyl sites for hydroxylation is 2. The molecular weight excluding hydrogens is 359 g/mol. The number of fused-ring (bicyclic) bond motifs is 1. The van der Waals surface area contributed by atoms with Gasteiger partial charge in [0.25, 0.3) is 0 Å². The van der Waals surface area contributed by atoms with E-state index in [1.54, 1.807) is 6.07 Å². The Hall–Kier alpha value is -2.77. The van der Waals surface area contributed by atoms with Crippen molar-refractivity contribution in [2.75, 3.05) is 18.5 Å². The number of ether oxygens (including phenoxy) is 1. The molecular formula is C21H23FN4O2. The van der Waals surface area contributed by atoms with E-state index in [4.69, 9.17) is 10.5 Å². The number of carbonyl (C=O) groups is 1. The zero-order valence-corrected chi connectivity index (χ0v) is 16.0. The Morgan fingerprint density at radius 2 is 2.00 bits per heavy atom. The number of rotatable bonds is 3. The van der Waals surface area contributed by atoms with E-state index in [0.717, 1.165) is 28.2 Å². The topological polar surface area (TPSA) is 82.2 Å². The molecule has 146 valence electrons. The molecule has 1 saturated heterocycles. The first-order valence-corrected chi connectivity index (χ1v) is 9.28. The number of hydrogen-bond acceptors (Lipinski definition) is 4. The lowest BCUT2D eigenvalue weighted by molar-refractivity contribution is -0.124. The second-order valence-electron chi connectivity index (χ2n) is 7.38. The normalized spacial score (nSPS) is 16.3. The summed E-state index contributed by atoms with van der Waals surface area (Å²) in [7, 11) is 1.90. The molecule has 1 fully saturated rings. The van der Waals surface area contributed by atoms with Gasteiger partial charge in [0.05, 0.1) is 11.0 Å². The quantitative estimate of drug-likeness (QED) is 0.729. The maximum atomic E-state index is 13.5. The van der Waals surface area contributed by atoms with Crippen LogP contribution in [0.2, 0.25) is 0 Å². The number of amides is 1. The molecule has 1 amide bonds. The third-order valence-electron chi connectivity index (χ3n) is 5.41. The number of carbonyl (C=O) groups excluding carboxylic acids is 1. The Morgan fingerprint density at radius 1 is 1.25 bits per heavy atom. The maximum Gasteiger partial charge on any atom is 0.244 e. The smallest absolute Gasteiger partial charge is 0.244 e. The molecule has 6 nitrogen and oxygen atoms in total. The molecule has 1 aliphatic rings. The summed E-state index contributed by atoms with van der Waals surface area (Å²) < 4.78 is 20.7. The number of imidazole rings is 1. The molecule has 28 heavy (non-hydrogen) atoms. The highest BCUT2D eigenvalue weighted by molar-refractivity contribution is 5.98. The zero-order valence-electron chi connectivity index (χ0n) is 16.0. The van der Waals surface area contributed by atoms with Gasteiger partial charge in [0.15, 0.2) is 0 Å². The molecule has 3 aromatic rings. The summed E-state index contributed by atoms with van der Waals surface area (Å²) in [6.45, 7) is 2.92. The Morgan fingerprint density at radius 3 is 2.71 bits per heavy atom. The van der Waals surface area contributed by atoms with Gasteiger partial charge >= 0.3 is 0 Å². The Balaban J connectivity index is 1.61. The summed E-state index contributed by atoms with van der Waals surface area (Å²) in [5, 5.41) is 2.95. The standard InChI is InChI=1S/C21H23FN4O2/c1-13-11-14(19-24-17-12-15(22)4-6-18(17)26(19)2)3-5-16(13)25-20(27)21(23)7-9-28-10-8-21/h3-6,11-12H,7-10,23H2,1-2H3,(H,25,27). The van der Waals surface area contributed by atoms with Gasteiger partial charge in [-0.15, -0.1) is 0 Å². The van der Waals surface area contributed by atoms with Gasteiger partial charge in [-0.3, -0.25) is 4.79 Å². The van der Waals surface area contributed by atoms with E-state index < -0.39 is 5.54 Å². The number of halogens is 1. The van der Waals surface area contributed by atoms with Crippen molar-refractivity contribution in [3.63, 3.8) is 0 Å². The van der Waals surface area contributed by atoms with E-state index >= 15 is 0 Å². The molecule has 0 bridgehead atoms. The first-order chi connectivity index (χ1) is 13.4. The lowest BCUT2D eigenvalue weighted by Gasteiger charge is -2.32.